The van der Waals surface area contributed by atoms with Gasteiger partial charge in [0, 0.05) is 43.0 Å². The molecule has 3 heterocycles. The molecule has 2 aliphatic rings. The Kier molecular flexibility index (Phi) is 7.69. The molecule has 4 N–H and O–H groups in total. The second-order valence-electron chi connectivity index (χ2n) is 9.09. The average molecular weight is 496 g/mol. The number of aromatic nitrogens is 4. The van der Waals surface area contributed by atoms with Crippen LogP contribution in [0.1, 0.15) is 54.7 Å². The van der Waals surface area contributed by atoms with Gasteiger partial charge in [-0.25, -0.2) is 13.8 Å². The molecule has 0 radical (unpaired) electrons. The molecule has 0 amide bonds. The van der Waals surface area contributed by atoms with Gasteiger partial charge >= 0.3 is 0 Å². The second kappa shape index (κ2) is 10.5. The Balaban J connectivity index is 1.34. The number of nitrogens with one attached hydrogen (secondary N) is 4. The Hall–Kier alpha value is -2.30. The van der Waals surface area contributed by atoms with Crippen molar-refractivity contribution in [3.05, 3.63) is 45.3 Å². The molecule has 186 valence electrons. The van der Waals surface area contributed by atoms with Crippen LogP contribution in [-0.4, -0.2) is 56.7 Å². The van der Waals surface area contributed by atoms with E-state index in [9.17, 15) is 13.6 Å². The Labute approximate surface area is 202 Å². The van der Waals surface area contributed by atoms with E-state index < -0.39 is 24.1 Å². The summed E-state index contributed by atoms with van der Waals surface area (Å²) in [6.45, 7) is 5.25. The quantitative estimate of drug-likeness (QED) is 0.315. The van der Waals surface area contributed by atoms with E-state index in [2.05, 4.69) is 38.1 Å². The van der Waals surface area contributed by atoms with Crippen molar-refractivity contribution in [1.82, 2.24) is 30.4 Å². The van der Waals surface area contributed by atoms with Crippen molar-refractivity contribution >= 4 is 23.5 Å². The molecule has 3 atom stereocenters. The number of piperidine rings is 1. The van der Waals surface area contributed by atoms with E-state index in [-0.39, 0.29) is 17.1 Å². The molecule has 0 bridgehead atoms. The Morgan fingerprint density at radius 2 is 2.18 bits per heavy atom. The molecule has 1 fully saturated rings. The number of anilines is 1. The topological polar surface area (TPSA) is 99.7 Å². The first-order valence-electron chi connectivity index (χ1n) is 11.8. The third-order valence-corrected chi connectivity index (χ3v) is 7.19. The van der Waals surface area contributed by atoms with Crippen LogP contribution < -0.4 is 21.5 Å². The number of fused-ring (bicyclic) bond motifs is 1. The second-order valence-corrected chi connectivity index (χ2v) is 9.60. The minimum Gasteiger partial charge on any atom is -0.359 e. The molecule has 1 aliphatic heterocycles. The highest BCUT2D eigenvalue weighted by Crippen LogP contribution is 2.33. The summed E-state index contributed by atoms with van der Waals surface area (Å²) in [5.74, 6) is -2.88. The molecule has 1 saturated heterocycles. The number of hydrogen-bond donors (Lipinski definition) is 4. The number of H-pyrrole nitrogens is 1. The lowest BCUT2D eigenvalue weighted by molar-refractivity contribution is -0.0319. The monoisotopic (exact) mass is 495 g/mol. The Bertz CT molecular complexity index is 1080. The van der Waals surface area contributed by atoms with E-state index >= 15 is 0 Å². The minimum atomic E-state index is -2.97. The number of hydrogen-bond acceptors (Lipinski definition) is 6. The number of rotatable bonds is 9. The number of nitrogens with zero attached hydrogens (tertiary/aromatic N) is 3. The van der Waals surface area contributed by atoms with Gasteiger partial charge in [0.1, 0.15) is 0 Å². The van der Waals surface area contributed by atoms with E-state index in [0.717, 1.165) is 29.8 Å². The fraction of sp³-hybridized carbons (Fsp3) is 0.609. The van der Waals surface area contributed by atoms with Crippen molar-refractivity contribution < 1.29 is 8.78 Å². The standard InChI is InChI=1S/C23H32ClF2N7O/c1-14-11-29-21(30-13-23(25,26)19-5-3-4-8-28-19)22(34)33(14)10-9-27-12-18-20-15(2)16(24)6-7-17(20)31-32-18/h6-7,11,15-16,19,27-28H,3-5,8-10,12-13H2,1-2H3,(H,29,30)(H,31,32). The van der Waals surface area contributed by atoms with Gasteiger partial charge in [-0.2, -0.15) is 5.10 Å². The molecular formula is C23H32ClF2N7O. The molecule has 0 saturated carbocycles. The Morgan fingerprint density at radius 1 is 1.35 bits per heavy atom. The first-order chi connectivity index (χ1) is 16.3. The van der Waals surface area contributed by atoms with E-state index in [1.165, 1.54) is 6.20 Å². The van der Waals surface area contributed by atoms with E-state index in [4.69, 9.17) is 11.6 Å². The summed E-state index contributed by atoms with van der Waals surface area (Å²) in [5.41, 5.74) is 3.24. The predicted molar refractivity (Wildman–Crippen MR) is 130 cm³/mol. The maximum absolute atomic E-state index is 14.6. The molecule has 0 aromatic carbocycles. The van der Waals surface area contributed by atoms with Gasteiger partial charge in [-0.3, -0.25) is 9.89 Å². The third kappa shape index (κ3) is 5.34. The summed E-state index contributed by atoms with van der Waals surface area (Å²) in [5, 5.41) is 16.1. The fourth-order valence-electron chi connectivity index (χ4n) is 4.59. The van der Waals surface area contributed by atoms with E-state index in [1.54, 1.807) is 11.5 Å². The highest BCUT2D eigenvalue weighted by atomic mass is 35.5. The number of halogens is 3. The number of aromatic amines is 1. The van der Waals surface area contributed by atoms with Gasteiger partial charge < -0.3 is 20.5 Å². The molecule has 11 heteroatoms. The SMILES string of the molecule is Cc1cnc(NCC(F)(F)C2CCCCN2)c(=O)n1CCNCc1[nH]nc2c1C(C)C(Cl)C=C2. The van der Waals surface area contributed by atoms with Crippen molar-refractivity contribution in [1.29, 1.82) is 0 Å². The van der Waals surface area contributed by atoms with Gasteiger partial charge in [0.15, 0.2) is 5.82 Å². The smallest absolute Gasteiger partial charge is 0.293 e. The van der Waals surface area contributed by atoms with Gasteiger partial charge in [-0.15, -0.1) is 11.6 Å². The molecule has 34 heavy (non-hydrogen) atoms. The maximum Gasteiger partial charge on any atom is 0.293 e. The van der Waals surface area contributed by atoms with Crippen LogP contribution in [0.25, 0.3) is 6.08 Å². The van der Waals surface area contributed by atoms with Crippen molar-refractivity contribution in [3.8, 4) is 0 Å². The predicted octanol–water partition coefficient (Wildman–Crippen LogP) is 2.99. The molecule has 1 aliphatic carbocycles. The lowest BCUT2D eigenvalue weighted by Crippen LogP contribution is -2.51. The van der Waals surface area contributed by atoms with Crippen LogP contribution in [-0.2, 0) is 13.1 Å². The summed E-state index contributed by atoms with van der Waals surface area (Å²) in [6.07, 6.45) is 7.50. The summed E-state index contributed by atoms with van der Waals surface area (Å²) in [6, 6.07) is -0.883. The lowest BCUT2D eigenvalue weighted by atomic mass is 9.90. The zero-order valence-electron chi connectivity index (χ0n) is 19.5. The van der Waals surface area contributed by atoms with Gasteiger partial charge in [0.05, 0.1) is 29.4 Å². The van der Waals surface area contributed by atoms with Crippen molar-refractivity contribution in [2.45, 2.75) is 69.5 Å². The van der Waals surface area contributed by atoms with Crippen LogP contribution in [0, 0.1) is 6.92 Å². The van der Waals surface area contributed by atoms with E-state index in [1.807, 2.05) is 12.2 Å². The summed E-state index contributed by atoms with van der Waals surface area (Å²) in [4.78, 5) is 17.0. The van der Waals surface area contributed by atoms with Crippen LogP contribution in [0.15, 0.2) is 17.1 Å². The van der Waals surface area contributed by atoms with Crippen LogP contribution in [0.5, 0.6) is 0 Å². The highest BCUT2D eigenvalue weighted by molar-refractivity contribution is 6.22. The van der Waals surface area contributed by atoms with Crippen LogP contribution in [0.2, 0.25) is 0 Å². The number of aryl methyl sites for hydroxylation is 1. The zero-order valence-corrected chi connectivity index (χ0v) is 20.3. The molecule has 2 aromatic heterocycles. The molecule has 8 nitrogen and oxygen atoms in total. The molecule has 0 spiro atoms. The van der Waals surface area contributed by atoms with E-state index in [0.29, 0.717) is 38.3 Å². The number of allylic oxidation sites excluding steroid dienone is 1. The summed E-state index contributed by atoms with van der Waals surface area (Å²) < 4.78 is 30.7. The van der Waals surface area contributed by atoms with Gasteiger partial charge in [0.25, 0.3) is 11.5 Å². The summed E-state index contributed by atoms with van der Waals surface area (Å²) in [7, 11) is 0. The first kappa shape index (κ1) is 24.8. The maximum atomic E-state index is 14.6. The van der Waals surface area contributed by atoms with Crippen LogP contribution >= 0.6 is 11.6 Å². The molecule has 2 aromatic rings. The Morgan fingerprint density at radius 3 is 2.94 bits per heavy atom. The van der Waals surface area contributed by atoms with Gasteiger partial charge in [-0.1, -0.05) is 19.4 Å². The van der Waals surface area contributed by atoms with Crippen molar-refractivity contribution in [2.24, 2.45) is 0 Å². The van der Waals surface area contributed by atoms with Gasteiger partial charge in [0.2, 0.25) is 0 Å². The number of alkyl halides is 3. The van der Waals surface area contributed by atoms with Gasteiger partial charge in [-0.05, 0) is 32.4 Å². The zero-order chi connectivity index (χ0) is 24.3. The third-order valence-electron chi connectivity index (χ3n) is 6.66. The molecular weight excluding hydrogens is 464 g/mol. The minimum absolute atomic E-state index is 0.0579. The normalized spacial score (nSPS) is 22.6. The van der Waals surface area contributed by atoms with Crippen LogP contribution in [0.3, 0.4) is 0 Å². The summed E-state index contributed by atoms with van der Waals surface area (Å²) >= 11 is 6.36. The molecule has 4 rings (SSSR count). The fourth-order valence-corrected chi connectivity index (χ4v) is 4.79. The molecule has 3 unspecified atom stereocenters. The van der Waals surface area contributed by atoms with Crippen molar-refractivity contribution in [3.63, 3.8) is 0 Å². The lowest BCUT2D eigenvalue weighted by Gasteiger charge is -2.31. The average Bonchev–Trinajstić information content (AvgIpc) is 3.24. The van der Waals surface area contributed by atoms with Crippen LogP contribution in [0.4, 0.5) is 14.6 Å². The van der Waals surface area contributed by atoms with Crippen molar-refractivity contribution in [2.75, 3.05) is 25.0 Å². The first-order valence-corrected chi connectivity index (χ1v) is 12.2. The largest absolute Gasteiger partial charge is 0.359 e. The highest BCUT2D eigenvalue weighted by Gasteiger charge is 2.40.